The topological polar surface area (TPSA) is 126 Å². The van der Waals surface area contributed by atoms with Gasteiger partial charge in [0.05, 0.1) is 0 Å². The van der Waals surface area contributed by atoms with Gasteiger partial charge in [-0.25, -0.2) is 4.79 Å². The number of anilines is 1. The Morgan fingerprint density at radius 2 is 1.92 bits per heavy atom. The van der Waals surface area contributed by atoms with Gasteiger partial charge in [-0.05, 0) is 18.6 Å². The second-order valence-corrected chi connectivity index (χ2v) is 5.03. The third-order valence-corrected chi connectivity index (χ3v) is 3.27. The lowest BCUT2D eigenvalue weighted by Crippen LogP contribution is -2.35. The van der Waals surface area contributed by atoms with Gasteiger partial charge in [-0.2, -0.15) is 13.2 Å². The van der Waals surface area contributed by atoms with Crippen molar-refractivity contribution >= 4 is 23.5 Å². The van der Waals surface area contributed by atoms with E-state index in [1.807, 2.05) is 12.1 Å². The Morgan fingerprint density at radius 1 is 1.36 bits per heavy atom. The number of carboxylic acid groups (broad SMARTS) is 1. The number of nitrogens with one attached hydrogen (secondary N) is 1. The van der Waals surface area contributed by atoms with Gasteiger partial charge < -0.3 is 21.1 Å². The minimum Gasteiger partial charge on any atom is -0.475 e. The molecule has 2 heterocycles. The largest absolute Gasteiger partial charge is 0.490 e. The van der Waals surface area contributed by atoms with Gasteiger partial charge >= 0.3 is 12.1 Å². The molecule has 1 saturated heterocycles. The number of rotatable bonds is 5. The molecule has 2 rings (SSSR count). The van der Waals surface area contributed by atoms with Gasteiger partial charge in [-0.3, -0.25) is 14.6 Å². The molecule has 2 amide bonds. The number of carbonyl (C=O) groups is 3. The third kappa shape index (κ3) is 6.65. The number of hydrogen-bond donors (Lipinski definition) is 3. The molecule has 1 aromatic rings. The van der Waals surface area contributed by atoms with Crippen LogP contribution in [0.4, 0.5) is 18.9 Å². The number of pyridine rings is 1. The summed E-state index contributed by atoms with van der Waals surface area (Å²) >= 11 is 0. The maximum atomic E-state index is 11.8. The van der Waals surface area contributed by atoms with E-state index in [-0.39, 0.29) is 5.91 Å². The molecule has 0 unspecified atom stereocenters. The summed E-state index contributed by atoms with van der Waals surface area (Å²) in [5, 5.41) is 10.3. The Balaban J connectivity index is 0.000000381. The minimum atomic E-state index is -5.08. The molecule has 1 aliphatic heterocycles. The van der Waals surface area contributed by atoms with E-state index in [9.17, 15) is 22.8 Å². The van der Waals surface area contributed by atoms with E-state index >= 15 is 0 Å². The van der Waals surface area contributed by atoms with Gasteiger partial charge in [0.2, 0.25) is 11.8 Å². The molecule has 1 aromatic heterocycles. The fourth-order valence-corrected chi connectivity index (χ4v) is 2.03. The number of carbonyl (C=O) groups excluding carboxylic acids is 2. The summed E-state index contributed by atoms with van der Waals surface area (Å²) < 4.78 is 31.7. The first kappa shape index (κ1) is 20.2. The number of nitrogens with two attached hydrogens (primary N) is 1. The predicted molar refractivity (Wildman–Crippen MR) is 80.3 cm³/mol. The first-order valence-corrected chi connectivity index (χ1v) is 7.15. The van der Waals surface area contributed by atoms with Gasteiger partial charge in [0, 0.05) is 37.7 Å². The quantitative estimate of drug-likeness (QED) is 0.654. The molecule has 0 radical (unpaired) electrons. The Morgan fingerprint density at radius 3 is 2.36 bits per heavy atom. The van der Waals surface area contributed by atoms with Gasteiger partial charge in [-0.15, -0.1) is 0 Å². The highest BCUT2D eigenvalue weighted by Gasteiger charge is 2.38. The Kier molecular flexibility index (Phi) is 7.15. The van der Waals surface area contributed by atoms with Crippen LogP contribution < -0.4 is 11.1 Å². The summed E-state index contributed by atoms with van der Waals surface area (Å²) in [5.74, 6) is -4.07. The van der Waals surface area contributed by atoms with E-state index in [1.54, 1.807) is 17.3 Å². The second kappa shape index (κ2) is 8.85. The van der Waals surface area contributed by atoms with Crippen molar-refractivity contribution in [3.8, 4) is 0 Å². The SMILES string of the molecule is NC(=O)[C@@H]1CCN(CCNc2ccncc2)C1=O.O=C(O)C(F)(F)F. The van der Waals surface area contributed by atoms with Crippen molar-refractivity contribution in [1.29, 1.82) is 0 Å². The zero-order chi connectivity index (χ0) is 19.0. The van der Waals surface area contributed by atoms with Crippen molar-refractivity contribution in [3.05, 3.63) is 24.5 Å². The molecule has 1 atom stereocenters. The number of likely N-dealkylation sites (tertiary alicyclic amines) is 1. The van der Waals surface area contributed by atoms with Gasteiger partial charge in [0.25, 0.3) is 0 Å². The molecule has 1 fully saturated rings. The van der Waals surface area contributed by atoms with Crippen LogP contribution in [-0.2, 0) is 14.4 Å². The van der Waals surface area contributed by atoms with Crippen LogP contribution in [0.2, 0.25) is 0 Å². The molecule has 0 saturated carbocycles. The number of hydrogen-bond acceptors (Lipinski definition) is 5. The fourth-order valence-electron chi connectivity index (χ4n) is 2.03. The second-order valence-electron chi connectivity index (χ2n) is 5.03. The maximum Gasteiger partial charge on any atom is 0.490 e. The number of alkyl halides is 3. The number of carboxylic acids is 1. The first-order valence-electron chi connectivity index (χ1n) is 7.15. The molecule has 11 heteroatoms. The highest BCUT2D eigenvalue weighted by atomic mass is 19.4. The molecule has 4 N–H and O–H groups in total. The normalized spacial score (nSPS) is 16.8. The zero-order valence-electron chi connectivity index (χ0n) is 13.0. The summed E-state index contributed by atoms with van der Waals surface area (Å²) in [4.78, 5) is 37.3. The molecule has 0 spiro atoms. The highest BCUT2D eigenvalue weighted by Crippen LogP contribution is 2.17. The van der Waals surface area contributed by atoms with E-state index in [2.05, 4.69) is 10.3 Å². The van der Waals surface area contributed by atoms with Crippen molar-refractivity contribution in [3.63, 3.8) is 0 Å². The Labute approximate surface area is 140 Å². The number of amides is 2. The lowest BCUT2D eigenvalue weighted by Gasteiger charge is -2.16. The number of halogens is 3. The van der Waals surface area contributed by atoms with Crippen molar-refractivity contribution < 1.29 is 32.7 Å². The van der Waals surface area contributed by atoms with Crippen LogP contribution in [0.1, 0.15) is 6.42 Å². The molecule has 1 aliphatic rings. The summed E-state index contributed by atoms with van der Waals surface area (Å²) in [7, 11) is 0. The van der Waals surface area contributed by atoms with Gasteiger partial charge in [0.15, 0.2) is 0 Å². The summed E-state index contributed by atoms with van der Waals surface area (Å²) in [6, 6.07) is 3.72. The fraction of sp³-hybridized carbons (Fsp3) is 0.429. The molecule has 0 bridgehead atoms. The van der Waals surface area contributed by atoms with Crippen molar-refractivity contribution in [2.45, 2.75) is 12.6 Å². The summed E-state index contributed by atoms with van der Waals surface area (Å²) in [5.41, 5.74) is 6.12. The minimum absolute atomic E-state index is 0.154. The van der Waals surface area contributed by atoms with Crippen LogP contribution in [0.3, 0.4) is 0 Å². The van der Waals surface area contributed by atoms with E-state index in [4.69, 9.17) is 15.6 Å². The number of nitrogens with zero attached hydrogens (tertiary/aromatic N) is 2. The van der Waals surface area contributed by atoms with Gasteiger partial charge in [-0.1, -0.05) is 0 Å². The van der Waals surface area contributed by atoms with Crippen LogP contribution >= 0.6 is 0 Å². The van der Waals surface area contributed by atoms with Crippen LogP contribution in [0.5, 0.6) is 0 Å². The molecular formula is C14H17F3N4O4. The number of aromatic nitrogens is 1. The van der Waals surface area contributed by atoms with Crippen LogP contribution in [0.15, 0.2) is 24.5 Å². The maximum absolute atomic E-state index is 11.8. The Hall–Kier alpha value is -2.85. The average molecular weight is 362 g/mol. The van der Waals surface area contributed by atoms with Crippen LogP contribution in [0, 0.1) is 5.92 Å². The van der Waals surface area contributed by atoms with E-state index in [1.165, 1.54) is 0 Å². The first-order chi connectivity index (χ1) is 11.6. The zero-order valence-corrected chi connectivity index (χ0v) is 13.0. The highest BCUT2D eigenvalue weighted by molar-refractivity contribution is 6.00. The molecule has 0 aromatic carbocycles. The molecule has 0 aliphatic carbocycles. The predicted octanol–water partition coefficient (Wildman–Crippen LogP) is 0.461. The monoisotopic (exact) mass is 362 g/mol. The van der Waals surface area contributed by atoms with Crippen LogP contribution in [0.25, 0.3) is 0 Å². The Bertz CT molecular complexity index is 610. The molecule has 25 heavy (non-hydrogen) atoms. The van der Waals surface area contributed by atoms with E-state index in [0.717, 1.165) is 5.69 Å². The van der Waals surface area contributed by atoms with Crippen LogP contribution in [-0.4, -0.2) is 58.6 Å². The standard InChI is InChI=1S/C12H16N4O2.C2HF3O2/c13-11(17)10-3-7-16(12(10)18)8-6-15-9-1-4-14-5-2-9;3-2(4,5)1(6)7/h1-2,4-5,10H,3,6-8H2,(H2,13,17)(H,14,15);(H,6,7)/t10-;/m0./s1. The molecule has 138 valence electrons. The smallest absolute Gasteiger partial charge is 0.475 e. The number of primary amides is 1. The lowest BCUT2D eigenvalue weighted by molar-refractivity contribution is -0.192. The molecule has 8 nitrogen and oxygen atoms in total. The van der Waals surface area contributed by atoms with Crippen molar-refractivity contribution in [1.82, 2.24) is 9.88 Å². The average Bonchev–Trinajstić information content (AvgIpc) is 2.89. The molecular weight excluding hydrogens is 345 g/mol. The van der Waals surface area contributed by atoms with E-state index < -0.39 is 24.0 Å². The van der Waals surface area contributed by atoms with Crippen molar-refractivity contribution in [2.75, 3.05) is 25.0 Å². The van der Waals surface area contributed by atoms with Crippen molar-refractivity contribution in [2.24, 2.45) is 11.7 Å². The summed E-state index contributed by atoms with van der Waals surface area (Å²) in [6.45, 7) is 1.82. The van der Waals surface area contributed by atoms with E-state index in [0.29, 0.717) is 26.1 Å². The third-order valence-electron chi connectivity index (χ3n) is 3.27. The number of aliphatic carboxylic acids is 1. The van der Waals surface area contributed by atoms with Gasteiger partial charge in [0.1, 0.15) is 5.92 Å². The lowest BCUT2D eigenvalue weighted by atomic mass is 10.1. The summed E-state index contributed by atoms with van der Waals surface area (Å²) in [6.07, 6.45) is -1.15.